The lowest BCUT2D eigenvalue weighted by Crippen LogP contribution is -2.58. The van der Waals surface area contributed by atoms with E-state index in [9.17, 15) is 0 Å². The molecule has 6 heteroatoms. The Labute approximate surface area is 521 Å². The van der Waals surface area contributed by atoms with Gasteiger partial charge in [-0.1, -0.05) is 109 Å². The van der Waals surface area contributed by atoms with Gasteiger partial charge in [-0.25, -0.2) is 0 Å². The second-order valence-corrected chi connectivity index (χ2v) is 32.9. The van der Waals surface area contributed by atoms with Gasteiger partial charge in [-0.15, -0.1) is 0 Å². The number of aromatic nitrogens is 1. The van der Waals surface area contributed by atoms with Crippen LogP contribution in [0.2, 0.25) is 0 Å². The fourth-order valence-corrected chi connectivity index (χ4v) is 24.1. The molecule has 0 atom stereocenters. The summed E-state index contributed by atoms with van der Waals surface area (Å²) in [6.07, 6.45) is 43.2. The van der Waals surface area contributed by atoms with E-state index in [0.29, 0.717) is 22.2 Å². The lowest BCUT2D eigenvalue weighted by atomic mass is 9.53. The first-order chi connectivity index (χ1) is 42.6. The van der Waals surface area contributed by atoms with Crippen molar-refractivity contribution in [1.82, 2.24) is 26.3 Å². The highest BCUT2D eigenvalue weighted by molar-refractivity contribution is 5.86. The van der Waals surface area contributed by atoms with Crippen molar-refractivity contribution >= 4 is 34.0 Å². The van der Waals surface area contributed by atoms with Gasteiger partial charge in [0.15, 0.2) is 0 Å². The Bertz CT molecular complexity index is 3440. The van der Waals surface area contributed by atoms with E-state index in [1.165, 1.54) is 220 Å². The van der Waals surface area contributed by atoms with E-state index in [0.717, 1.165) is 116 Å². The largest absolute Gasteiger partial charge is 0.307 e. The number of hydrogen-bond donors (Lipinski definition) is 4. The first-order valence-electron chi connectivity index (χ1n) is 35.8. The van der Waals surface area contributed by atoms with Gasteiger partial charge >= 0.3 is 0 Å². The average Bonchev–Trinajstić information content (AvgIpc) is 2.29. The van der Waals surface area contributed by atoms with Gasteiger partial charge in [-0.05, 0) is 306 Å². The van der Waals surface area contributed by atoms with Crippen LogP contribution in [-0.4, -0.2) is 33.4 Å². The van der Waals surface area contributed by atoms with Crippen molar-refractivity contribution in [3.63, 3.8) is 0 Å². The van der Waals surface area contributed by atoms with E-state index in [-0.39, 0.29) is 0 Å². The van der Waals surface area contributed by atoms with E-state index in [2.05, 4.69) is 155 Å². The van der Waals surface area contributed by atoms with Crippen molar-refractivity contribution in [3.05, 3.63) is 165 Å². The summed E-state index contributed by atoms with van der Waals surface area (Å²) in [4.78, 5) is 9.19. The Morgan fingerprint density at radius 2 is 0.885 bits per heavy atom. The summed E-state index contributed by atoms with van der Waals surface area (Å²) in [5.74, 6) is 12.2. The third-order valence-corrected chi connectivity index (χ3v) is 26.3. The number of para-hydroxylation sites is 1. The molecule has 16 saturated carbocycles. The van der Waals surface area contributed by atoms with E-state index < -0.39 is 0 Å². The molecule has 6 nitrogen and oxygen atoms in total. The Hall–Kier alpha value is -4.98. The number of rotatable bonds is 12. The molecule has 0 spiro atoms. The molecule has 24 rings (SSSR count). The summed E-state index contributed by atoms with van der Waals surface area (Å²) < 4.78 is 0. The molecule has 5 aromatic carbocycles. The number of benzene rings is 5. The van der Waals surface area contributed by atoms with Crippen molar-refractivity contribution < 1.29 is 0 Å². The first kappa shape index (κ1) is 56.0. The molecule has 18 aliphatic rings. The number of fused-ring (bicyclic) bond motifs is 4. The van der Waals surface area contributed by atoms with Crippen molar-refractivity contribution in [2.24, 2.45) is 76.0 Å². The van der Waals surface area contributed by atoms with Crippen molar-refractivity contribution in [2.75, 3.05) is 0 Å². The summed E-state index contributed by atoms with van der Waals surface area (Å²) in [6.45, 7) is 7.25. The lowest BCUT2D eigenvalue weighted by Gasteiger charge is -2.57. The number of aryl methyl sites for hydroxylation is 1. The van der Waals surface area contributed by atoms with Crippen LogP contribution < -0.4 is 21.3 Å². The highest BCUT2D eigenvalue weighted by Crippen LogP contribution is 2.59. The summed E-state index contributed by atoms with van der Waals surface area (Å²) in [7, 11) is 0. The SMILES string of the molecule is C1=Cc2c(cccc2CNC23CC4CC(CC(C4)C2)C3)C1.C1=NCc2cc(CNC34CC5CC(CC(C5)C3)C4)ccc21.Cc1c(CNC23CC4CC(CC(C4)C2)C3)ccc2ccccc12.c1ccc2nc(CNC34CC5CC(CC(C5)C3)C4)ccc2c1. The molecular formula is C81H100N6. The monoisotopic (exact) mass is 1160 g/mol. The van der Waals surface area contributed by atoms with Gasteiger partial charge in [0.05, 0.1) is 17.8 Å². The fraction of sp³-hybridized carbons (Fsp3) is 0.580. The van der Waals surface area contributed by atoms with Crippen molar-refractivity contribution in [1.29, 1.82) is 0 Å². The molecule has 454 valence electrons. The standard InChI is InChI=1S/C22H27N.C20H24N2.C20H25N.C19H24N2/c1-15-20(7-6-19-4-2-3-5-21(15)19)14-23-22-11-16-8-17(12-22)10-18(9-16)13-22;1-2-4-19-17(3-1)5-6-18(22-19)13-21-20-10-14-7-15(11-20)9-16(8-14)12-20;1-3-17-4-2-6-19(17)18(5-1)13-21-20-10-14-7-15(11-20)9-16(8-14)12-20;1-2-17-11-20-12-18(17)6-13(1)10-21-19-7-14-3-15(8-19)5-16(4-14)9-19/h2-7,16-18,23H,8-14H2,1H3;1-6,14-16,21H,7-13H2;1-3,5-6,14-16,21H,4,7-13H2;1-2,6,11,14-16,21H,3-5,7-10,12H2. The van der Waals surface area contributed by atoms with E-state index in [1.807, 2.05) is 6.21 Å². The second kappa shape index (κ2) is 22.7. The quantitative estimate of drug-likeness (QED) is 0.0983. The summed E-state index contributed by atoms with van der Waals surface area (Å²) in [5, 5.41) is 20.0. The molecule has 1 aliphatic heterocycles. The molecule has 16 fully saturated rings. The molecule has 16 bridgehead atoms. The van der Waals surface area contributed by atoms with E-state index in [1.54, 1.807) is 0 Å². The normalized spacial score (nSPS) is 37.2. The predicted octanol–water partition coefficient (Wildman–Crippen LogP) is 17.5. The minimum Gasteiger partial charge on any atom is -0.307 e. The zero-order valence-corrected chi connectivity index (χ0v) is 52.7. The van der Waals surface area contributed by atoms with Crippen LogP contribution >= 0.6 is 0 Å². The Balaban J connectivity index is 0.0000000904. The number of hydrogen-bond acceptors (Lipinski definition) is 6. The van der Waals surface area contributed by atoms with Crippen LogP contribution in [0.1, 0.15) is 204 Å². The zero-order chi connectivity index (χ0) is 57.7. The van der Waals surface area contributed by atoms with Crippen molar-refractivity contribution in [2.45, 2.75) is 222 Å². The highest BCUT2D eigenvalue weighted by atomic mass is 15.0. The maximum absolute atomic E-state index is 4.83. The highest BCUT2D eigenvalue weighted by Gasteiger charge is 2.54. The Kier molecular flexibility index (Phi) is 14.7. The molecule has 0 unspecified atom stereocenters. The molecule has 17 aliphatic carbocycles. The molecule has 1 aromatic heterocycles. The topological polar surface area (TPSA) is 73.4 Å². The van der Waals surface area contributed by atoms with Gasteiger partial charge in [0.1, 0.15) is 0 Å². The third-order valence-electron chi connectivity index (χ3n) is 26.3. The molecule has 2 heterocycles. The van der Waals surface area contributed by atoms with Crippen LogP contribution in [0.3, 0.4) is 0 Å². The number of allylic oxidation sites excluding steroid dienone is 1. The van der Waals surface area contributed by atoms with Gasteiger partial charge < -0.3 is 21.3 Å². The molecule has 0 saturated heterocycles. The van der Waals surface area contributed by atoms with Crippen LogP contribution in [-0.2, 0) is 39.1 Å². The Morgan fingerprint density at radius 1 is 0.414 bits per heavy atom. The summed E-state index contributed by atoms with van der Waals surface area (Å²) >= 11 is 0. The van der Waals surface area contributed by atoms with Crippen LogP contribution in [0.4, 0.5) is 0 Å². The van der Waals surface area contributed by atoms with Gasteiger partial charge in [-0.2, -0.15) is 0 Å². The minimum atomic E-state index is 0.433. The molecular weight excluding hydrogens is 1060 g/mol. The third kappa shape index (κ3) is 11.5. The number of nitrogens with one attached hydrogen (secondary N) is 4. The van der Waals surface area contributed by atoms with E-state index in [4.69, 9.17) is 4.98 Å². The average molecular weight is 1160 g/mol. The number of aliphatic imine (C=N–C) groups is 1. The summed E-state index contributed by atoms with van der Waals surface area (Å²) in [5.41, 5.74) is 15.8. The van der Waals surface area contributed by atoms with Gasteiger partial charge in [-0.3, -0.25) is 9.98 Å². The molecule has 0 amide bonds. The van der Waals surface area contributed by atoms with Crippen LogP contribution in [0.5, 0.6) is 0 Å². The smallest absolute Gasteiger partial charge is 0.0705 e. The Morgan fingerprint density at radius 3 is 1.44 bits per heavy atom. The van der Waals surface area contributed by atoms with E-state index >= 15 is 0 Å². The lowest BCUT2D eigenvalue weighted by molar-refractivity contribution is -0.0208. The van der Waals surface area contributed by atoms with Crippen LogP contribution in [0.25, 0.3) is 27.8 Å². The zero-order valence-electron chi connectivity index (χ0n) is 52.7. The van der Waals surface area contributed by atoms with Gasteiger partial charge in [0.2, 0.25) is 0 Å². The van der Waals surface area contributed by atoms with Crippen molar-refractivity contribution in [3.8, 4) is 0 Å². The van der Waals surface area contributed by atoms with Crippen LogP contribution in [0.15, 0.2) is 120 Å². The predicted molar refractivity (Wildman–Crippen MR) is 358 cm³/mol. The van der Waals surface area contributed by atoms with Gasteiger partial charge in [0, 0.05) is 59.9 Å². The molecule has 87 heavy (non-hydrogen) atoms. The first-order valence-corrected chi connectivity index (χ1v) is 35.8. The van der Waals surface area contributed by atoms with Crippen LogP contribution in [0, 0.1) is 77.9 Å². The maximum atomic E-state index is 4.83. The fourth-order valence-electron chi connectivity index (χ4n) is 24.1. The molecule has 6 aromatic rings. The second-order valence-electron chi connectivity index (χ2n) is 32.9. The summed E-state index contributed by atoms with van der Waals surface area (Å²) in [6, 6.07) is 39.9. The number of pyridine rings is 1. The molecule has 4 N–H and O–H groups in total. The molecule has 0 radical (unpaired) electrons. The minimum absolute atomic E-state index is 0.433. The maximum Gasteiger partial charge on any atom is 0.0705 e. The number of nitrogens with zero attached hydrogens (tertiary/aromatic N) is 2. The van der Waals surface area contributed by atoms with Gasteiger partial charge in [0.25, 0.3) is 0 Å².